The highest BCUT2D eigenvalue weighted by Crippen LogP contribution is 2.65. The fourth-order valence-electron chi connectivity index (χ4n) is 6.90. The monoisotopic (exact) mass is 408 g/mol. The second-order valence-electron chi connectivity index (χ2n) is 9.32. The predicted molar refractivity (Wildman–Crippen MR) is 109 cm³/mol. The number of non-ortho nitro benzene ring substituents is 1. The number of hydrogen-bond donors (Lipinski definition) is 2. The van der Waals surface area contributed by atoms with Crippen molar-refractivity contribution in [1.82, 2.24) is 4.90 Å². The zero-order valence-corrected chi connectivity index (χ0v) is 16.7. The number of benzene rings is 2. The maximum Gasteiger partial charge on any atom is 0.269 e. The molecule has 6 rings (SSSR count). The van der Waals surface area contributed by atoms with Gasteiger partial charge in [0.15, 0.2) is 11.5 Å². The van der Waals surface area contributed by atoms with E-state index in [-0.39, 0.29) is 28.7 Å². The van der Waals surface area contributed by atoms with E-state index in [1.165, 1.54) is 11.6 Å². The van der Waals surface area contributed by atoms with Crippen molar-refractivity contribution in [3.05, 3.63) is 63.2 Å². The summed E-state index contributed by atoms with van der Waals surface area (Å²) >= 11 is 0. The predicted octanol–water partition coefficient (Wildman–Crippen LogP) is 2.72. The van der Waals surface area contributed by atoms with Crippen molar-refractivity contribution in [1.29, 1.82) is 0 Å². The highest BCUT2D eigenvalue weighted by atomic mass is 16.6. The zero-order chi connectivity index (χ0) is 20.8. The van der Waals surface area contributed by atoms with Crippen LogP contribution in [0.2, 0.25) is 0 Å². The van der Waals surface area contributed by atoms with Crippen LogP contribution in [0.5, 0.6) is 11.5 Å². The number of rotatable bonds is 2. The van der Waals surface area contributed by atoms with Crippen molar-refractivity contribution in [2.24, 2.45) is 5.92 Å². The minimum Gasteiger partial charge on any atom is -0.504 e. The molecule has 0 amide bonds. The molecule has 2 aliphatic heterocycles. The molecule has 0 radical (unpaired) electrons. The maximum atomic E-state index is 11.5. The van der Waals surface area contributed by atoms with Crippen molar-refractivity contribution in [2.45, 2.75) is 48.8 Å². The normalized spacial score (nSPS) is 36.1. The highest BCUT2D eigenvalue weighted by molar-refractivity contribution is 5.61. The lowest BCUT2D eigenvalue weighted by molar-refractivity contribution is -0.385. The SMILES string of the molecule is CN1CC[C@]23c4c5ccc(O)c4O[C@H]2[C@@H](O)[C@@H](c2cccc([N+](=O)[O-])c2)C[C@H]3[C@H]1C5. The smallest absolute Gasteiger partial charge is 0.269 e. The topological polar surface area (TPSA) is 96.1 Å². The quantitative estimate of drug-likeness (QED) is 0.586. The first-order valence-electron chi connectivity index (χ1n) is 10.6. The average molecular weight is 408 g/mol. The van der Waals surface area contributed by atoms with E-state index in [0.29, 0.717) is 11.8 Å². The lowest BCUT2D eigenvalue weighted by Gasteiger charge is -2.60. The number of aliphatic hydroxyl groups excluding tert-OH is 1. The molecule has 2 N–H and O–H groups in total. The van der Waals surface area contributed by atoms with Crippen molar-refractivity contribution < 1.29 is 19.9 Å². The van der Waals surface area contributed by atoms with E-state index < -0.39 is 17.1 Å². The fraction of sp³-hybridized carbons (Fsp3) is 0.478. The molecule has 1 spiro atoms. The van der Waals surface area contributed by atoms with Gasteiger partial charge in [-0.05, 0) is 56.0 Å². The second-order valence-corrected chi connectivity index (χ2v) is 9.32. The standard InChI is InChI=1S/C23H24N2O5/c1-24-8-7-23-16-11-15(12-3-2-4-14(9-12)25(28)29)20(27)22(23)30-21-18(26)6-5-13(19(21)23)10-17(16)24/h2-6,9,15-17,20,22,26-27H,7-8,10-11H2,1H3/t15-,16+,17-,20+,22+,23+/m1/s1. The van der Waals surface area contributed by atoms with Crippen LogP contribution in [-0.4, -0.2) is 51.9 Å². The Morgan fingerprint density at radius 1 is 1.30 bits per heavy atom. The molecule has 2 fully saturated rings. The Morgan fingerprint density at radius 3 is 2.93 bits per heavy atom. The van der Waals surface area contributed by atoms with Crippen molar-refractivity contribution in [2.75, 3.05) is 13.6 Å². The molecule has 4 aliphatic rings. The molecule has 2 aliphatic carbocycles. The van der Waals surface area contributed by atoms with E-state index >= 15 is 0 Å². The van der Waals surface area contributed by atoms with Gasteiger partial charge in [0.2, 0.25) is 0 Å². The summed E-state index contributed by atoms with van der Waals surface area (Å²) in [5, 5.41) is 33.3. The lowest BCUT2D eigenvalue weighted by Crippen LogP contribution is -2.67. The summed E-state index contributed by atoms with van der Waals surface area (Å²) in [5.41, 5.74) is 2.81. The van der Waals surface area contributed by atoms with Gasteiger partial charge >= 0.3 is 0 Å². The number of likely N-dealkylation sites (tertiary alicyclic amines) is 1. The second kappa shape index (κ2) is 5.95. The Hall–Kier alpha value is -2.64. The Kier molecular flexibility index (Phi) is 3.60. The number of likely N-dealkylation sites (N-methyl/N-ethyl adjacent to an activating group) is 1. The van der Waals surface area contributed by atoms with E-state index in [2.05, 4.69) is 11.9 Å². The van der Waals surface area contributed by atoms with Crippen molar-refractivity contribution >= 4 is 5.69 Å². The van der Waals surface area contributed by atoms with Crippen LogP contribution in [0, 0.1) is 16.0 Å². The van der Waals surface area contributed by atoms with Gasteiger partial charge in [-0.2, -0.15) is 0 Å². The molecule has 1 saturated heterocycles. The zero-order valence-electron chi connectivity index (χ0n) is 16.7. The summed E-state index contributed by atoms with van der Waals surface area (Å²) in [7, 11) is 2.15. The summed E-state index contributed by atoms with van der Waals surface area (Å²) in [6.07, 6.45) is 1.24. The Bertz CT molecular complexity index is 1070. The Balaban J connectivity index is 1.51. The Morgan fingerprint density at radius 2 is 2.13 bits per heavy atom. The highest BCUT2D eigenvalue weighted by Gasteiger charge is 2.67. The minimum absolute atomic E-state index is 0.0384. The number of phenolic OH excluding ortho intramolecular Hbond substituents is 1. The van der Waals surface area contributed by atoms with E-state index in [4.69, 9.17) is 4.74 Å². The van der Waals surface area contributed by atoms with Crippen LogP contribution in [0.3, 0.4) is 0 Å². The third-order valence-corrected chi connectivity index (χ3v) is 8.18. The van der Waals surface area contributed by atoms with Crippen LogP contribution in [0.15, 0.2) is 36.4 Å². The van der Waals surface area contributed by atoms with Crippen LogP contribution in [0.1, 0.15) is 35.4 Å². The summed E-state index contributed by atoms with van der Waals surface area (Å²) in [6.45, 7) is 0.920. The van der Waals surface area contributed by atoms with E-state index in [1.807, 2.05) is 12.1 Å². The third kappa shape index (κ3) is 2.11. The molecule has 30 heavy (non-hydrogen) atoms. The summed E-state index contributed by atoms with van der Waals surface area (Å²) in [4.78, 5) is 13.3. The fourth-order valence-corrected chi connectivity index (χ4v) is 6.90. The summed E-state index contributed by atoms with van der Waals surface area (Å²) in [6, 6.07) is 10.6. The molecule has 1 saturated carbocycles. The maximum absolute atomic E-state index is 11.5. The Labute approximate surface area is 174 Å². The molecule has 0 aromatic heterocycles. The molecular formula is C23H24N2O5. The number of ether oxygens (including phenoxy) is 1. The van der Waals surface area contributed by atoms with Crippen LogP contribution >= 0.6 is 0 Å². The third-order valence-electron chi connectivity index (χ3n) is 8.18. The molecule has 7 nitrogen and oxygen atoms in total. The first kappa shape index (κ1) is 18.2. The van der Waals surface area contributed by atoms with Crippen molar-refractivity contribution in [3.63, 3.8) is 0 Å². The molecule has 2 aromatic carbocycles. The van der Waals surface area contributed by atoms with E-state index in [0.717, 1.165) is 36.9 Å². The summed E-state index contributed by atoms with van der Waals surface area (Å²) in [5.74, 6) is 0.668. The molecule has 0 unspecified atom stereocenters. The van der Waals surface area contributed by atoms with Gasteiger partial charge < -0.3 is 19.8 Å². The minimum atomic E-state index is -0.801. The van der Waals surface area contributed by atoms with Crippen LogP contribution < -0.4 is 4.74 Å². The number of aliphatic hydroxyl groups is 1. The number of nitro benzene ring substituents is 1. The van der Waals surface area contributed by atoms with E-state index in [9.17, 15) is 20.3 Å². The number of phenols is 1. The molecule has 2 bridgehead atoms. The lowest BCUT2D eigenvalue weighted by atomic mass is 9.49. The summed E-state index contributed by atoms with van der Waals surface area (Å²) < 4.78 is 6.33. The van der Waals surface area contributed by atoms with Gasteiger partial charge in [0.1, 0.15) is 6.10 Å². The molecule has 7 heteroatoms. The van der Waals surface area contributed by atoms with Crippen LogP contribution in [0.25, 0.3) is 0 Å². The number of nitrogens with zero attached hydrogens (tertiary/aromatic N) is 2. The first-order valence-corrected chi connectivity index (χ1v) is 10.6. The first-order chi connectivity index (χ1) is 14.4. The van der Waals surface area contributed by atoms with E-state index in [1.54, 1.807) is 18.2 Å². The van der Waals surface area contributed by atoms with Gasteiger partial charge in [0, 0.05) is 35.1 Å². The van der Waals surface area contributed by atoms with Gasteiger partial charge in [-0.15, -0.1) is 0 Å². The molecular weight excluding hydrogens is 384 g/mol. The van der Waals surface area contributed by atoms with Crippen molar-refractivity contribution in [3.8, 4) is 11.5 Å². The molecule has 156 valence electrons. The van der Waals surface area contributed by atoms with Gasteiger partial charge in [0.25, 0.3) is 5.69 Å². The van der Waals surface area contributed by atoms with Gasteiger partial charge in [-0.25, -0.2) is 0 Å². The largest absolute Gasteiger partial charge is 0.504 e. The van der Waals surface area contributed by atoms with Crippen LogP contribution in [0.4, 0.5) is 5.69 Å². The van der Waals surface area contributed by atoms with Gasteiger partial charge in [0.05, 0.1) is 11.0 Å². The number of nitro groups is 1. The number of hydrogen-bond acceptors (Lipinski definition) is 6. The van der Waals surface area contributed by atoms with Gasteiger partial charge in [-0.3, -0.25) is 10.1 Å². The van der Waals surface area contributed by atoms with Gasteiger partial charge in [-0.1, -0.05) is 18.2 Å². The molecule has 2 heterocycles. The number of piperidine rings is 1. The number of aromatic hydroxyl groups is 1. The molecule has 6 atom stereocenters. The van der Waals surface area contributed by atoms with Crippen LogP contribution in [-0.2, 0) is 11.8 Å². The average Bonchev–Trinajstić information content (AvgIpc) is 3.09. The molecule has 2 aromatic rings.